The molecule has 0 saturated carbocycles. The third-order valence-electron chi connectivity index (χ3n) is 5.66. The highest BCUT2D eigenvalue weighted by atomic mass is 32.1. The van der Waals surface area contributed by atoms with Gasteiger partial charge in [0, 0.05) is 12.2 Å². The Bertz CT molecular complexity index is 1040. The lowest BCUT2D eigenvalue weighted by atomic mass is 10.1. The van der Waals surface area contributed by atoms with Gasteiger partial charge in [0.2, 0.25) is 0 Å². The number of ether oxygens (including phenoxy) is 3. The van der Waals surface area contributed by atoms with E-state index in [2.05, 4.69) is 6.92 Å². The molecular weight excluding hydrogens is 436 g/mol. The van der Waals surface area contributed by atoms with Crippen LogP contribution in [0.3, 0.4) is 0 Å². The van der Waals surface area contributed by atoms with Crippen LogP contribution in [0.4, 0.5) is 5.13 Å². The Morgan fingerprint density at radius 3 is 2.67 bits per heavy atom. The molecule has 1 fully saturated rings. The standard InChI is InChI=1S/C26H32N2O4S/c1-3-5-6-15-31-20-11-9-19(10-12-20)25(29)28(18-22-8-7-16-32-22)26-27-23-14-13-21(30-4-2)17-24(23)33-26/h9-14,17,22H,3-8,15-16,18H2,1-2H3. The molecule has 176 valence electrons. The van der Waals surface area contributed by atoms with E-state index in [4.69, 9.17) is 19.2 Å². The molecule has 1 atom stereocenters. The SMILES string of the molecule is CCCCCOc1ccc(C(=O)N(CC2CCCO2)c2nc3ccc(OCC)cc3s2)cc1. The quantitative estimate of drug-likeness (QED) is 0.319. The number of carbonyl (C=O) groups excluding carboxylic acids is 1. The van der Waals surface area contributed by atoms with Crippen LogP contribution in [-0.2, 0) is 4.74 Å². The Kier molecular flexibility index (Phi) is 8.18. The van der Waals surface area contributed by atoms with Crippen molar-refractivity contribution in [3.63, 3.8) is 0 Å². The highest BCUT2D eigenvalue weighted by Gasteiger charge is 2.27. The summed E-state index contributed by atoms with van der Waals surface area (Å²) in [4.78, 5) is 20.1. The van der Waals surface area contributed by atoms with Crippen LogP contribution in [0.5, 0.6) is 11.5 Å². The van der Waals surface area contributed by atoms with Crippen LogP contribution in [0.2, 0.25) is 0 Å². The predicted octanol–water partition coefficient (Wildman–Crippen LogP) is 6.09. The fraction of sp³-hybridized carbons (Fsp3) is 0.462. The molecule has 7 heteroatoms. The third kappa shape index (κ3) is 6.03. The number of rotatable bonds is 11. The molecular formula is C26H32N2O4S. The van der Waals surface area contributed by atoms with Gasteiger partial charge in [-0.2, -0.15) is 0 Å². The van der Waals surface area contributed by atoms with Crippen LogP contribution in [0.25, 0.3) is 10.2 Å². The number of hydrogen-bond donors (Lipinski definition) is 0. The minimum atomic E-state index is -0.0767. The Balaban J connectivity index is 1.55. The van der Waals surface area contributed by atoms with Gasteiger partial charge in [0.15, 0.2) is 5.13 Å². The number of carbonyl (C=O) groups is 1. The van der Waals surface area contributed by atoms with Crippen molar-refractivity contribution < 1.29 is 19.0 Å². The summed E-state index contributed by atoms with van der Waals surface area (Å²) in [5, 5.41) is 0.680. The van der Waals surface area contributed by atoms with Crippen molar-refractivity contribution in [1.29, 1.82) is 0 Å². The highest BCUT2D eigenvalue weighted by Crippen LogP contribution is 2.33. The van der Waals surface area contributed by atoms with E-state index < -0.39 is 0 Å². The maximum atomic E-state index is 13.6. The van der Waals surface area contributed by atoms with Crippen LogP contribution in [-0.4, -0.2) is 43.4 Å². The predicted molar refractivity (Wildman–Crippen MR) is 133 cm³/mol. The Morgan fingerprint density at radius 1 is 1.12 bits per heavy atom. The summed E-state index contributed by atoms with van der Waals surface area (Å²) in [6.07, 6.45) is 5.36. The first-order valence-corrected chi connectivity index (χ1v) is 12.7. The van der Waals surface area contributed by atoms with Gasteiger partial charge in [0.05, 0.1) is 36.1 Å². The molecule has 0 aliphatic carbocycles. The Labute approximate surface area is 199 Å². The van der Waals surface area contributed by atoms with E-state index in [0.717, 1.165) is 60.4 Å². The monoisotopic (exact) mass is 468 g/mol. The molecule has 1 aromatic heterocycles. The fourth-order valence-corrected chi connectivity index (χ4v) is 4.90. The number of hydrogen-bond acceptors (Lipinski definition) is 6. The summed E-state index contributed by atoms with van der Waals surface area (Å²) < 4.78 is 18.3. The van der Waals surface area contributed by atoms with Crippen molar-refractivity contribution in [2.24, 2.45) is 0 Å². The molecule has 2 aromatic carbocycles. The first kappa shape index (κ1) is 23.5. The Morgan fingerprint density at radius 2 is 1.94 bits per heavy atom. The van der Waals surface area contributed by atoms with Gasteiger partial charge in [-0.3, -0.25) is 9.69 Å². The number of anilines is 1. The molecule has 0 radical (unpaired) electrons. The van der Waals surface area contributed by atoms with Gasteiger partial charge < -0.3 is 14.2 Å². The zero-order valence-electron chi connectivity index (χ0n) is 19.4. The maximum absolute atomic E-state index is 13.6. The van der Waals surface area contributed by atoms with Crippen LogP contribution < -0.4 is 14.4 Å². The molecule has 0 N–H and O–H groups in total. The molecule has 6 nitrogen and oxygen atoms in total. The van der Waals surface area contributed by atoms with Gasteiger partial charge in [0.25, 0.3) is 5.91 Å². The van der Waals surface area contributed by atoms with Crippen molar-refractivity contribution in [1.82, 2.24) is 4.98 Å². The van der Waals surface area contributed by atoms with Crippen molar-refractivity contribution in [2.45, 2.75) is 52.1 Å². The summed E-state index contributed by atoms with van der Waals surface area (Å²) in [6.45, 7) is 6.68. The molecule has 1 aliphatic rings. The minimum absolute atomic E-state index is 0.0288. The largest absolute Gasteiger partial charge is 0.494 e. The molecule has 0 bridgehead atoms. The zero-order chi connectivity index (χ0) is 23.0. The summed E-state index contributed by atoms with van der Waals surface area (Å²) in [5.74, 6) is 1.52. The van der Waals surface area contributed by atoms with Gasteiger partial charge in [-0.25, -0.2) is 4.98 Å². The molecule has 2 heterocycles. The number of nitrogens with zero attached hydrogens (tertiary/aromatic N) is 2. The van der Waals surface area contributed by atoms with Gasteiger partial charge in [-0.1, -0.05) is 31.1 Å². The molecule has 1 saturated heterocycles. The van der Waals surface area contributed by atoms with Gasteiger partial charge >= 0.3 is 0 Å². The third-order valence-corrected chi connectivity index (χ3v) is 6.70. The van der Waals surface area contributed by atoms with E-state index in [0.29, 0.717) is 30.5 Å². The van der Waals surface area contributed by atoms with Crippen molar-refractivity contribution in [3.05, 3.63) is 48.0 Å². The van der Waals surface area contributed by atoms with E-state index in [1.807, 2.05) is 49.4 Å². The van der Waals surface area contributed by atoms with Crippen LogP contribution in [0, 0.1) is 0 Å². The first-order chi connectivity index (χ1) is 16.2. The van der Waals surface area contributed by atoms with Crippen LogP contribution in [0.15, 0.2) is 42.5 Å². The van der Waals surface area contributed by atoms with E-state index >= 15 is 0 Å². The van der Waals surface area contributed by atoms with E-state index in [9.17, 15) is 4.79 Å². The average Bonchev–Trinajstić information content (AvgIpc) is 3.50. The summed E-state index contributed by atoms with van der Waals surface area (Å²) in [6, 6.07) is 13.3. The zero-order valence-corrected chi connectivity index (χ0v) is 20.2. The van der Waals surface area contributed by atoms with E-state index in [-0.39, 0.29) is 12.0 Å². The number of unbranched alkanes of at least 4 members (excludes halogenated alkanes) is 2. The van der Waals surface area contributed by atoms with Crippen molar-refractivity contribution in [2.75, 3.05) is 31.3 Å². The number of amides is 1. The lowest BCUT2D eigenvalue weighted by Gasteiger charge is -2.23. The molecule has 1 aliphatic heterocycles. The second-order valence-electron chi connectivity index (χ2n) is 8.19. The van der Waals surface area contributed by atoms with Crippen molar-refractivity contribution >= 4 is 32.6 Å². The van der Waals surface area contributed by atoms with Crippen molar-refractivity contribution in [3.8, 4) is 11.5 Å². The maximum Gasteiger partial charge on any atom is 0.260 e. The van der Waals surface area contributed by atoms with Gasteiger partial charge in [0.1, 0.15) is 11.5 Å². The van der Waals surface area contributed by atoms with Gasteiger partial charge in [-0.05, 0) is 68.7 Å². The highest BCUT2D eigenvalue weighted by molar-refractivity contribution is 7.22. The first-order valence-electron chi connectivity index (χ1n) is 11.9. The number of aromatic nitrogens is 1. The molecule has 1 amide bonds. The second kappa shape index (κ2) is 11.5. The smallest absolute Gasteiger partial charge is 0.260 e. The van der Waals surface area contributed by atoms with E-state index in [1.54, 1.807) is 4.90 Å². The topological polar surface area (TPSA) is 60.9 Å². The minimum Gasteiger partial charge on any atom is -0.494 e. The second-order valence-corrected chi connectivity index (χ2v) is 9.20. The number of thiazole rings is 1. The molecule has 4 rings (SSSR count). The van der Waals surface area contributed by atoms with Gasteiger partial charge in [-0.15, -0.1) is 0 Å². The Hall–Kier alpha value is -2.64. The molecule has 1 unspecified atom stereocenters. The summed E-state index contributed by atoms with van der Waals surface area (Å²) >= 11 is 1.50. The number of benzene rings is 2. The molecule has 33 heavy (non-hydrogen) atoms. The molecule has 3 aromatic rings. The lowest BCUT2D eigenvalue weighted by Crippen LogP contribution is -2.37. The number of fused-ring (bicyclic) bond motifs is 1. The molecule has 0 spiro atoms. The van der Waals surface area contributed by atoms with E-state index in [1.165, 1.54) is 11.3 Å². The lowest BCUT2D eigenvalue weighted by molar-refractivity contribution is 0.0917. The van der Waals surface area contributed by atoms with Crippen LogP contribution >= 0.6 is 11.3 Å². The fourth-order valence-electron chi connectivity index (χ4n) is 3.90. The average molecular weight is 469 g/mol. The summed E-state index contributed by atoms with van der Waals surface area (Å²) in [5.41, 5.74) is 1.47. The summed E-state index contributed by atoms with van der Waals surface area (Å²) in [7, 11) is 0. The van der Waals surface area contributed by atoms with Crippen LogP contribution in [0.1, 0.15) is 56.3 Å². The normalized spacial score (nSPS) is 15.6.